The zero-order valence-electron chi connectivity index (χ0n) is 14.7. The zero-order chi connectivity index (χ0) is 18.8. The third-order valence-electron chi connectivity index (χ3n) is 5.03. The standard InChI is InChI=1S/C18H24O7/c1-10(2)15(20)25-9-12(19)8-18-6-5-11(7-18)13(16(21)23-3)14(18)17(22)24-4/h5-6,11-14,19H,1,7-9H2,2-4H3. The molecule has 0 aromatic heterocycles. The molecule has 7 nitrogen and oxygen atoms in total. The van der Waals surface area contributed by atoms with Gasteiger partial charge in [-0.1, -0.05) is 18.7 Å². The number of aliphatic hydroxyl groups excluding tert-OH is 1. The van der Waals surface area contributed by atoms with Crippen molar-refractivity contribution in [2.24, 2.45) is 23.2 Å². The van der Waals surface area contributed by atoms with Gasteiger partial charge in [0.15, 0.2) is 0 Å². The molecule has 0 aromatic carbocycles. The molecular weight excluding hydrogens is 328 g/mol. The average Bonchev–Trinajstić information content (AvgIpc) is 3.13. The van der Waals surface area contributed by atoms with Gasteiger partial charge in [-0.3, -0.25) is 9.59 Å². The highest BCUT2D eigenvalue weighted by Gasteiger charge is 2.61. The van der Waals surface area contributed by atoms with Crippen LogP contribution in [0.3, 0.4) is 0 Å². The van der Waals surface area contributed by atoms with E-state index in [4.69, 9.17) is 14.2 Å². The van der Waals surface area contributed by atoms with Crippen LogP contribution in [0.25, 0.3) is 0 Å². The predicted octanol–water partition coefficient (Wildman–Crippen LogP) is 1.01. The van der Waals surface area contributed by atoms with Gasteiger partial charge in [0, 0.05) is 11.0 Å². The number of methoxy groups -OCH3 is 2. The van der Waals surface area contributed by atoms with E-state index in [-0.39, 0.29) is 24.5 Å². The SMILES string of the molecule is C=C(C)C(=O)OCC(O)CC12C=CC(C1)C(C(=O)OC)C2C(=O)OC. The molecule has 25 heavy (non-hydrogen) atoms. The molecule has 2 aliphatic carbocycles. The summed E-state index contributed by atoms with van der Waals surface area (Å²) in [6, 6.07) is 0. The van der Waals surface area contributed by atoms with E-state index >= 15 is 0 Å². The summed E-state index contributed by atoms with van der Waals surface area (Å²) in [5.74, 6) is -3.05. The topological polar surface area (TPSA) is 99.1 Å². The van der Waals surface area contributed by atoms with E-state index in [1.807, 2.05) is 12.2 Å². The van der Waals surface area contributed by atoms with Crippen LogP contribution in [-0.4, -0.2) is 49.9 Å². The van der Waals surface area contributed by atoms with Crippen LogP contribution in [0.1, 0.15) is 19.8 Å². The van der Waals surface area contributed by atoms with Gasteiger partial charge in [-0.2, -0.15) is 0 Å². The number of aliphatic hydroxyl groups is 1. The van der Waals surface area contributed by atoms with Gasteiger partial charge >= 0.3 is 17.9 Å². The van der Waals surface area contributed by atoms with Crippen molar-refractivity contribution in [3.05, 3.63) is 24.3 Å². The quantitative estimate of drug-likeness (QED) is 0.316. The fourth-order valence-corrected chi connectivity index (χ4v) is 4.00. The Morgan fingerprint density at radius 1 is 1.28 bits per heavy atom. The number of fused-ring (bicyclic) bond motifs is 2. The van der Waals surface area contributed by atoms with Crippen molar-refractivity contribution in [3.63, 3.8) is 0 Å². The Morgan fingerprint density at radius 3 is 2.48 bits per heavy atom. The Hall–Kier alpha value is -2.15. The lowest BCUT2D eigenvalue weighted by molar-refractivity contribution is -0.161. The highest BCUT2D eigenvalue weighted by molar-refractivity contribution is 5.87. The van der Waals surface area contributed by atoms with E-state index in [1.54, 1.807) is 0 Å². The van der Waals surface area contributed by atoms with E-state index < -0.39 is 41.3 Å². The molecule has 1 N–H and O–H groups in total. The van der Waals surface area contributed by atoms with E-state index in [9.17, 15) is 19.5 Å². The predicted molar refractivity (Wildman–Crippen MR) is 87.1 cm³/mol. The summed E-state index contributed by atoms with van der Waals surface area (Å²) in [4.78, 5) is 35.9. The minimum atomic E-state index is -0.977. The molecule has 2 rings (SSSR count). The Labute approximate surface area is 146 Å². The molecule has 0 radical (unpaired) electrons. The molecule has 2 aliphatic rings. The first kappa shape index (κ1) is 19.2. The van der Waals surface area contributed by atoms with Crippen LogP contribution < -0.4 is 0 Å². The lowest BCUT2D eigenvalue weighted by Crippen LogP contribution is -2.41. The minimum Gasteiger partial charge on any atom is -0.469 e. The summed E-state index contributed by atoms with van der Waals surface area (Å²) in [6.07, 6.45) is 3.49. The second kappa shape index (κ2) is 7.39. The number of ether oxygens (including phenoxy) is 3. The molecule has 0 spiro atoms. The number of carbonyl (C=O) groups is 3. The van der Waals surface area contributed by atoms with Crippen molar-refractivity contribution >= 4 is 17.9 Å². The van der Waals surface area contributed by atoms with Gasteiger partial charge in [-0.25, -0.2) is 4.79 Å². The maximum atomic E-state index is 12.3. The number of allylic oxidation sites excluding steroid dienone is 2. The number of hydrogen-bond acceptors (Lipinski definition) is 7. The summed E-state index contributed by atoms with van der Waals surface area (Å²) in [7, 11) is 2.55. The van der Waals surface area contributed by atoms with Gasteiger partial charge in [0.2, 0.25) is 0 Å². The number of carbonyl (C=O) groups excluding carboxylic acids is 3. The molecule has 0 amide bonds. The lowest BCUT2D eigenvalue weighted by atomic mass is 9.70. The summed E-state index contributed by atoms with van der Waals surface area (Å²) < 4.78 is 14.7. The maximum absolute atomic E-state index is 12.3. The van der Waals surface area contributed by atoms with E-state index in [1.165, 1.54) is 21.1 Å². The molecule has 2 bridgehead atoms. The fraction of sp³-hybridized carbons (Fsp3) is 0.611. The lowest BCUT2D eigenvalue weighted by Gasteiger charge is -2.34. The summed E-state index contributed by atoms with van der Waals surface area (Å²) >= 11 is 0. The Morgan fingerprint density at radius 2 is 1.92 bits per heavy atom. The molecule has 0 aromatic rings. The van der Waals surface area contributed by atoms with Gasteiger partial charge in [0.1, 0.15) is 6.61 Å². The molecule has 7 heteroatoms. The average molecular weight is 352 g/mol. The third-order valence-corrected chi connectivity index (χ3v) is 5.03. The highest BCUT2D eigenvalue weighted by Crippen LogP contribution is 2.59. The van der Waals surface area contributed by atoms with Gasteiger partial charge in [-0.05, 0) is 25.7 Å². The molecule has 0 aliphatic heterocycles. The molecular formula is C18H24O7. The Bertz CT molecular complexity index is 609. The van der Waals surface area contributed by atoms with Crippen LogP contribution in [0.2, 0.25) is 0 Å². The number of esters is 3. The molecule has 138 valence electrons. The van der Waals surface area contributed by atoms with Crippen molar-refractivity contribution in [1.82, 2.24) is 0 Å². The van der Waals surface area contributed by atoms with Gasteiger partial charge < -0.3 is 19.3 Å². The first-order valence-electron chi connectivity index (χ1n) is 8.11. The molecule has 0 heterocycles. The van der Waals surface area contributed by atoms with Crippen molar-refractivity contribution in [2.75, 3.05) is 20.8 Å². The van der Waals surface area contributed by atoms with Crippen molar-refractivity contribution in [1.29, 1.82) is 0 Å². The second-order valence-electron chi connectivity index (χ2n) is 6.75. The summed E-state index contributed by atoms with van der Waals surface area (Å²) in [5, 5.41) is 10.3. The first-order chi connectivity index (χ1) is 11.8. The molecule has 1 fully saturated rings. The minimum absolute atomic E-state index is 0.137. The fourth-order valence-electron chi connectivity index (χ4n) is 4.00. The smallest absolute Gasteiger partial charge is 0.333 e. The molecule has 1 saturated carbocycles. The normalized spacial score (nSPS) is 30.6. The third kappa shape index (κ3) is 3.61. The first-order valence-corrected chi connectivity index (χ1v) is 8.11. The number of rotatable bonds is 7. The zero-order valence-corrected chi connectivity index (χ0v) is 14.7. The molecule has 5 atom stereocenters. The van der Waals surface area contributed by atoms with Crippen molar-refractivity contribution in [3.8, 4) is 0 Å². The van der Waals surface area contributed by atoms with Gasteiger partial charge in [0.05, 0.1) is 32.2 Å². The van der Waals surface area contributed by atoms with Crippen molar-refractivity contribution in [2.45, 2.75) is 25.9 Å². The van der Waals surface area contributed by atoms with Crippen LogP contribution in [0.15, 0.2) is 24.3 Å². The maximum Gasteiger partial charge on any atom is 0.333 e. The van der Waals surface area contributed by atoms with E-state index in [2.05, 4.69) is 6.58 Å². The second-order valence-corrected chi connectivity index (χ2v) is 6.75. The van der Waals surface area contributed by atoms with Crippen molar-refractivity contribution < 1.29 is 33.7 Å². The molecule has 0 saturated heterocycles. The van der Waals surface area contributed by atoms with Crippen LogP contribution in [0.5, 0.6) is 0 Å². The molecule has 5 unspecified atom stereocenters. The van der Waals surface area contributed by atoms with E-state index in [0.717, 1.165) is 0 Å². The summed E-state index contributed by atoms with van der Waals surface area (Å²) in [5.41, 5.74) is -0.476. The highest BCUT2D eigenvalue weighted by atomic mass is 16.5. The number of hydrogen-bond donors (Lipinski definition) is 1. The van der Waals surface area contributed by atoms with Gasteiger partial charge in [-0.15, -0.1) is 0 Å². The summed E-state index contributed by atoms with van der Waals surface area (Å²) in [6.45, 7) is 4.79. The van der Waals surface area contributed by atoms with Gasteiger partial charge in [0.25, 0.3) is 0 Å². The van der Waals surface area contributed by atoms with E-state index in [0.29, 0.717) is 6.42 Å². The van der Waals surface area contributed by atoms with Crippen LogP contribution in [0, 0.1) is 23.2 Å². The Kier molecular flexibility index (Phi) is 5.67. The van der Waals surface area contributed by atoms with Crippen LogP contribution in [0.4, 0.5) is 0 Å². The largest absolute Gasteiger partial charge is 0.469 e. The van der Waals surface area contributed by atoms with Crippen LogP contribution in [-0.2, 0) is 28.6 Å². The Balaban J connectivity index is 2.15. The van der Waals surface area contributed by atoms with Crippen LogP contribution >= 0.6 is 0 Å². The monoisotopic (exact) mass is 352 g/mol.